The van der Waals surface area contributed by atoms with Gasteiger partial charge in [0.05, 0.1) is 5.69 Å². The predicted molar refractivity (Wildman–Crippen MR) is 106 cm³/mol. The minimum Gasteiger partial charge on any atom is -0.268 e. The van der Waals surface area contributed by atoms with Crippen molar-refractivity contribution in [3.8, 4) is 10.6 Å². The van der Waals surface area contributed by atoms with Crippen LogP contribution in [0.15, 0.2) is 47.3 Å². The highest BCUT2D eigenvalue weighted by Gasteiger charge is 2.17. The molecule has 144 valence electrons. The number of rotatable bonds is 5. The number of amides is 2. The van der Waals surface area contributed by atoms with Gasteiger partial charge in [-0.1, -0.05) is 37.3 Å². The molecule has 0 spiro atoms. The number of aromatic nitrogens is 3. The normalized spacial score (nSPS) is 10.5. The first kappa shape index (κ1) is 19.4. The Bertz CT molecular complexity index is 1060. The summed E-state index contributed by atoms with van der Waals surface area (Å²) < 4.78 is 1.22. The molecule has 0 unspecified atom stereocenters. The van der Waals surface area contributed by atoms with Crippen LogP contribution in [-0.4, -0.2) is 26.6 Å². The lowest BCUT2D eigenvalue weighted by molar-refractivity contribution is 0.0844. The SMILES string of the molecule is CCCn1nc(C(=O)NNC(=O)c2sc(-c3ccccc3)nc2C)ccc1=O. The number of nitrogens with zero attached hydrogens (tertiary/aromatic N) is 3. The molecule has 0 radical (unpaired) electrons. The molecule has 1 aromatic carbocycles. The van der Waals surface area contributed by atoms with E-state index in [0.717, 1.165) is 10.6 Å². The fourth-order valence-corrected chi connectivity index (χ4v) is 3.45. The predicted octanol–water partition coefficient (Wildman–Crippen LogP) is 2.16. The number of thiazole rings is 1. The number of hydrogen-bond acceptors (Lipinski definition) is 6. The van der Waals surface area contributed by atoms with E-state index in [9.17, 15) is 14.4 Å². The van der Waals surface area contributed by atoms with Gasteiger partial charge in [-0.2, -0.15) is 5.10 Å². The Morgan fingerprint density at radius 2 is 1.79 bits per heavy atom. The molecule has 3 rings (SSSR count). The third-order valence-electron chi connectivity index (χ3n) is 3.85. The van der Waals surface area contributed by atoms with Gasteiger partial charge in [-0.15, -0.1) is 11.3 Å². The molecule has 2 aromatic heterocycles. The molecule has 0 aliphatic carbocycles. The van der Waals surface area contributed by atoms with Gasteiger partial charge in [0, 0.05) is 18.2 Å². The Hall–Kier alpha value is -3.33. The Morgan fingerprint density at radius 3 is 2.50 bits per heavy atom. The van der Waals surface area contributed by atoms with Crippen molar-refractivity contribution < 1.29 is 9.59 Å². The highest BCUT2D eigenvalue weighted by atomic mass is 32.1. The largest absolute Gasteiger partial charge is 0.290 e. The topological polar surface area (TPSA) is 106 Å². The third-order valence-corrected chi connectivity index (χ3v) is 5.05. The summed E-state index contributed by atoms with van der Waals surface area (Å²) in [6.45, 7) is 4.05. The lowest BCUT2D eigenvalue weighted by Gasteiger charge is -2.08. The van der Waals surface area contributed by atoms with Crippen LogP contribution in [0.25, 0.3) is 10.6 Å². The van der Waals surface area contributed by atoms with Crippen molar-refractivity contribution in [2.45, 2.75) is 26.8 Å². The summed E-state index contributed by atoms with van der Waals surface area (Å²) in [5.74, 6) is -1.07. The van der Waals surface area contributed by atoms with Crippen molar-refractivity contribution in [3.05, 3.63) is 69.1 Å². The molecule has 0 aliphatic heterocycles. The summed E-state index contributed by atoms with van der Waals surface area (Å²) in [4.78, 5) is 41.2. The van der Waals surface area contributed by atoms with Crippen molar-refractivity contribution >= 4 is 23.2 Å². The van der Waals surface area contributed by atoms with Gasteiger partial charge >= 0.3 is 0 Å². The highest BCUT2D eigenvalue weighted by Crippen LogP contribution is 2.27. The molecule has 9 heteroatoms. The third kappa shape index (κ3) is 4.32. The molecular formula is C19H19N5O3S. The second kappa shape index (κ2) is 8.57. The first-order chi connectivity index (χ1) is 13.5. The van der Waals surface area contributed by atoms with E-state index in [0.29, 0.717) is 23.5 Å². The van der Waals surface area contributed by atoms with Crippen molar-refractivity contribution in [3.63, 3.8) is 0 Å². The number of carbonyl (C=O) groups excluding carboxylic acids is 2. The van der Waals surface area contributed by atoms with Crippen LogP contribution in [0, 0.1) is 6.92 Å². The first-order valence-electron chi connectivity index (χ1n) is 8.71. The fraction of sp³-hybridized carbons (Fsp3) is 0.211. The molecule has 2 heterocycles. The number of benzene rings is 1. The quantitative estimate of drug-likeness (QED) is 0.642. The van der Waals surface area contributed by atoms with Crippen LogP contribution >= 0.6 is 11.3 Å². The van der Waals surface area contributed by atoms with Crippen LogP contribution in [0.3, 0.4) is 0 Å². The van der Waals surface area contributed by atoms with Gasteiger partial charge in [-0.05, 0) is 19.4 Å². The van der Waals surface area contributed by atoms with Gasteiger partial charge < -0.3 is 0 Å². The summed E-state index contributed by atoms with van der Waals surface area (Å²) in [6.07, 6.45) is 0.711. The number of carbonyl (C=O) groups is 2. The van der Waals surface area contributed by atoms with Gasteiger partial charge in [0.15, 0.2) is 5.69 Å². The van der Waals surface area contributed by atoms with Crippen molar-refractivity contribution in [1.29, 1.82) is 0 Å². The highest BCUT2D eigenvalue weighted by molar-refractivity contribution is 7.17. The second-order valence-electron chi connectivity index (χ2n) is 5.99. The molecule has 0 saturated carbocycles. The van der Waals surface area contributed by atoms with E-state index >= 15 is 0 Å². The van der Waals surface area contributed by atoms with E-state index in [2.05, 4.69) is 20.9 Å². The molecule has 0 aliphatic rings. The Labute approximate surface area is 165 Å². The molecule has 8 nitrogen and oxygen atoms in total. The van der Waals surface area contributed by atoms with Crippen molar-refractivity contribution in [2.75, 3.05) is 0 Å². The summed E-state index contributed by atoms with van der Waals surface area (Å²) >= 11 is 1.24. The van der Waals surface area contributed by atoms with Crippen LogP contribution in [0.1, 0.15) is 39.2 Å². The van der Waals surface area contributed by atoms with Crippen molar-refractivity contribution in [1.82, 2.24) is 25.6 Å². The molecule has 2 amide bonds. The zero-order valence-electron chi connectivity index (χ0n) is 15.4. The standard InChI is InChI=1S/C19H19N5O3S/c1-3-11-24-15(25)10-9-14(23-24)17(26)21-22-18(27)16-12(2)20-19(28-16)13-7-5-4-6-8-13/h4-10H,3,11H2,1-2H3,(H,21,26)(H,22,27). The Kier molecular flexibility index (Phi) is 5.95. The van der Waals surface area contributed by atoms with Gasteiger partial charge in [-0.3, -0.25) is 25.2 Å². The van der Waals surface area contributed by atoms with Crippen LogP contribution in [-0.2, 0) is 6.54 Å². The van der Waals surface area contributed by atoms with Gasteiger partial charge in [-0.25, -0.2) is 9.67 Å². The minimum absolute atomic E-state index is 0.0411. The van der Waals surface area contributed by atoms with E-state index in [-0.39, 0.29) is 11.3 Å². The molecule has 0 atom stereocenters. The number of hydrazine groups is 1. The minimum atomic E-state index is -0.608. The first-order valence-corrected chi connectivity index (χ1v) is 9.53. The molecule has 2 N–H and O–H groups in total. The summed E-state index contributed by atoms with van der Waals surface area (Å²) in [6, 6.07) is 12.1. The van der Waals surface area contributed by atoms with Crippen LogP contribution in [0.5, 0.6) is 0 Å². The lowest BCUT2D eigenvalue weighted by atomic mass is 10.2. The summed E-state index contributed by atoms with van der Waals surface area (Å²) in [5, 5.41) is 4.73. The van der Waals surface area contributed by atoms with Crippen LogP contribution < -0.4 is 16.4 Å². The second-order valence-corrected chi connectivity index (χ2v) is 6.99. The maximum absolute atomic E-state index is 12.4. The molecule has 3 aromatic rings. The van der Waals surface area contributed by atoms with Crippen molar-refractivity contribution in [2.24, 2.45) is 0 Å². The van der Waals surface area contributed by atoms with Gasteiger partial charge in [0.1, 0.15) is 9.88 Å². The van der Waals surface area contributed by atoms with Gasteiger partial charge in [0.25, 0.3) is 17.4 Å². The molecule has 0 bridgehead atoms. The molecular weight excluding hydrogens is 378 g/mol. The maximum Gasteiger partial charge on any atom is 0.290 e. The van der Waals surface area contributed by atoms with E-state index in [1.54, 1.807) is 6.92 Å². The van der Waals surface area contributed by atoms with E-state index in [1.807, 2.05) is 37.3 Å². The Morgan fingerprint density at radius 1 is 1.07 bits per heavy atom. The maximum atomic E-state index is 12.4. The monoisotopic (exact) mass is 397 g/mol. The van der Waals surface area contributed by atoms with Crippen LogP contribution in [0.2, 0.25) is 0 Å². The zero-order valence-corrected chi connectivity index (χ0v) is 16.2. The summed E-state index contributed by atoms with van der Waals surface area (Å²) in [5.41, 5.74) is 5.95. The molecule has 0 fully saturated rings. The number of aryl methyl sites for hydroxylation is 2. The zero-order chi connectivity index (χ0) is 20.1. The smallest absolute Gasteiger partial charge is 0.268 e. The number of hydrogen-bond donors (Lipinski definition) is 2. The van der Waals surface area contributed by atoms with Crippen LogP contribution in [0.4, 0.5) is 0 Å². The van der Waals surface area contributed by atoms with E-state index in [1.165, 1.54) is 28.2 Å². The molecule has 0 saturated heterocycles. The average Bonchev–Trinajstić information content (AvgIpc) is 3.10. The fourth-order valence-electron chi connectivity index (χ4n) is 2.49. The molecule has 28 heavy (non-hydrogen) atoms. The van der Waals surface area contributed by atoms with Gasteiger partial charge in [0.2, 0.25) is 0 Å². The number of nitrogens with one attached hydrogen (secondary N) is 2. The van der Waals surface area contributed by atoms with E-state index < -0.39 is 11.8 Å². The average molecular weight is 397 g/mol. The van der Waals surface area contributed by atoms with E-state index in [4.69, 9.17) is 0 Å². The summed E-state index contributed by atoms with van der Waals surface area (Å²) in [7, 11) is 0. The Balaban J connectivity index is 1.69. The lowest BCUT2D eigenvalue weighted by Crippen LogP contribution is -2.42.